The topological polar surface area (TPSA) is 59.9 Å². The molecule has 4 nitrogen and oxygen atoms in total. The zero-order valence-electron chi connectivity index (χ0n) is 15.6. The molecular formula is C21H24N2O2S2. The maximum Gasteiger partial charge on any atom is 0.200 e. The number of hydrogen-bond acceptors (Lipinski definition) is 6. The number of carbonyl (C=O) groups excluding carboxylic acids is 2. The van der Waals surface area contributed by atoms with Crippen LogP contribution in [0.2, 0.25) is 0 Å². The molecule has 0 atom stereocenters. The molecule has 3 rings (SSSR count). The van der Waals surface area contributed by atoms with E-state index in [-0.39, 0.29) is 11.6 Å². The van der Waals surface area contributed by atoms with Crippen LogP contribution in [0.15, 0.2) is 39.6 Å². The summed E-state index contributed by atoms with van der Waals surface area (Å²) in [6.45, 7) is 2.23. The Morgan fingerprint density at radius 2 is 1.63 bits per heavy atom. The lowest BCUT2D eigenvalue weighted by Crippen LogP contribution is -2.15. The fraction of sp³-hybridized carbons (Fsp3) is 0.429. The first-order valence-electron chi connectivity index (χ1n) is 9.59. The largest absolute Gasteiger partial charge is 0.289 e. The Kier molecular flexibility index (Phi) is 7.35. The first-order valence-corrected chi connectivity index (χ1v) is 11.2. The summed E-state index contributed by atoms with van der Waals surface area (Å²) in [6, 6.07) is 6.95. The average Bonchev–Trinajstić information content (AvgIpc) is 3.12. The highest BCUT2D eigenvalue weighted by Gasteiger charge is 2.26. The smallest absolute Gasteiger partial charge is 0.200 e. The molecule has 2 aromatic rings. The number of fused-ring (bicyclic) bond motifs is 1. The van der Waals surface area contributed by atoms with Crippen LogP contribution in [0, 0.1) is 0 Å². The number of nitrogens with zero attached hydrogens (tertiary/aromatic N) is 2. The molecule has 0 unspecified atom stereocenters. The van der Waals surface area contributed by atoms with E-state index in [4.69, 9.17) is 0 Å². The number of allylic oxidation sites excluding steroid dienone is 2. The van der Waals surface area contributed by atoms with Gasteiger partial charge in [-0.3, -0.25) is 9.59 Å². The average molecular weight is 401 g/mol. The number of rotatable bonds is 10. The van der Waals surface area contributed by atoms with Crippen LogP contribution in [0.1, 0.15) is 77.6 Å². The minimum atomic E-state index is -0.125. The molecule has 0 fully saturated rings. The molecule has 0 N–H and O–H groups in total. The molecule has 1 aliphatic carbocycles. The number of aromatic nitrogens is 2. The van der Waals surface area contributed by atoms with E-state index < -0.39 is 0 Å². The fourth-order valence-electron chi connectivity index (χ4n) is 3.07. The third-order valence-corrected chi connectivity index (χ3v) is 6.62. The van der Waals surface area contributed by atoms with Crippen molar-refractivity contribution in [1.82, 2.24) is 10.2 Å². The van der Waals surface area contributed by atoms with E-state index in [1.807, 2.05) is 0 Å². The second kappa shape index (κ2) is 9.95. The monoisotopic (exact) mass is 400 g/mol. The molecule has 142 valence electrons. The summed E-state index contributed by atoms with van der Waals surface area (Å²) in [5, 5.41) is 9.44. The predicted octanol–water partition coefficient (Wildman–Crippen LogP) is 5.89. The lowest BCUT2D eigenvalue weighted by atomic mass is 9.95. The molecule has 1 aliphatic rings. The van der Waals surface area contributed by atoms with Crippen molar-refractivity contribution in [3.63, 3.8) is 0 Å². The van der Waals surface area contributed by atoms with Crippen LogP contribution in [0.5, 0.6) is 0 Å². The van der Waals surface area contributed by atoms with Gasteiger partial charge < -0.3 is 0 Å². The van der Waals surface area contributed by atoms with Gasteiger partial charge in [-0.05, 0) is 6.42 Å². The van der Waals surface area contributed by atoms with Gasteiger partial charge in [-0.25, -0.2) is 0 Å². The Balaban J connectivity index is 1.51. The van der Waals surface area contributed by atoms with Gasteiger partial charge in [0.1, 0.15) is 5.01 Å². The van der Waals surface area contributed by atoms with Crippen molar-refractivity contribution in [2.24, 2.45) is 0 Å². The van der Waals surface area contributed by atoms with E-state index in [1.165, 1.54) is 67.7 Å². The Labute approximate surface area is 168 Å². The van der Waals surface area contributed by atoms with Crippen LogP contribution in [0.25, 0.3) is 0 Å². The Bertz CT molecular complexity index is 842. The molecule has 1 heterocycles. The summed E-state index contributed by atoms with van der Waals surface area (Å²) in [5.41, 5.74) is 0.948. The second-order valence-corrected chi connectivity index (χ2v) is 9.03. The van der Waals surface area contributed by atoms with Crippen LogP contribution in [0.3, 0.4) is 0 Å². The van der Waals surface area contributed by atoms with Crippen LogP contribution >= 0.6 is 23.1 Å². The summed E-state index contributed by atoms with van der Waals surface area (Å²) in [6.07, 6.45) is 11.2. The molecule has 1 aromatic heterocycles. The first kappa shape index (κ1) is 20.0. The van der Waals surface area contributed by atoms with Gasteiger partial charge in [-0.2, -0.15) is 0 Å². The van der Waals surface area contributed by atoms with Crippen molar-refractivity contribution in [2.45, 2.75) is 62.6 Å². The van der Waals surface area contributed by atoms with Crippen molar-refractivity contribution >= 4 is 34.7 Å². The molecular weight excluding hydrogens is 376 g/mol. The number of carbonyl (C=O) groups is 2. The number of aryl methyl sites for hydroxylation is 1. The number of unbranched alkanes of at least 4 members (excludes halogenated alkanes) is 6. The highest BCUT2D eigenvalue weighted by atomic mass is 32.2. The van der Waals surface area contributed by atoms with Gasteiger partial charge in [0, 0.05) is 23.6 Å². The quantitative estimate of drug-likeness (QED) is 0.466. The molecule has 0 aliphatic heterocycles. The Morgan fingerprint density at radius 1 is 0.926 bits per heavy atom. The van der Waals surface area contributed by atoms with Crippen molar-refractivity contribution in [1.29, 1.82) is 0 Å². The number of Topliss-reactive ketones (excluding diaryl/α,β-unsaturated/α-hetero) is 1. The van der Waals surface area contributed by atoms with Gasteiger partial charge in [0.2, 0.25) is 5.78 Å². The minimum Gasteiger partial charge on any atom is -0.289 e. The van der Waals surface area contributed by atoms with E-state index in [0.717, 1.165) is 22.2 Å². The maximum atomic E-state index is 12.6. The van der Waals surface area contributed by atoms with Crippen LogP contribution < -0.4 is 0 Å². The Morgan fingerprint density at radius 3 is 2.41 bits per heavy atom. The van der Waals surface area contributed by atoms with E-state index in [2.05, 4.69) is 17.1 Å². The van der Waals surface area contributed by atoms with E-state index in [0.29, 0.717) is 16.0 Å². The summed E-state index contributed by atoms with van der Waals surface area (Å²) < 4.78 is 0.722. The van der Waals surface area contributed by atoms with Gasteiger partial charge in [-0.1, -0.05) is 92.8 Å². The Hall–Kier alpha value is -1.79. The van der Waals surface area contributed by atoms with Gasteiger partial charge in [-0.15, -0.1) is 10.2 Å². The lowest BCUT2D eigenvalue weighted by molar-refractivity contribution is 0.0991. The third-order valence-electron chi connectivity index (χ3n) is 4.56. The van der Waals surface area contributed by atoms with Crippen molar-refractivity contribution < 1.29 is 9.59 Å². The van der Waals surface area contributed by atoms with Crippen molar-refractivity contribution in [3.8, 4) is 0 Å². The van der Waals surface area contributed by atoms with Gasteiger partial charge in [0.15, 0.2) is 10.1 Å². The summed E-state index contributed by atoms with van der Waals surface area (Å²) in [5.74, 6) is -0.237. The lowest BCUT2D eigenvalue weighted by Gasteiger charge is -2.12. The number of ketones is 2. The number of thioether (sulfide) groups is 1. The number of hydrogen-bond donors (Lipinski definition) is 0. The van der Waals surface area contributed by atoms with Gasteiger partial charge in [0.25, 0.3) is 0 Å². The van der Waals surface area contributed by atoms with Gasteiger partial charge in [0.05, 0.1) is 4.91 Å². The normalized spacial score (nSPS) is 13.6. The molecule has 6 heteroatoms. The third kappa shape index (κ3) is 5.36. The molecule has 0 saturated carbocycles. The summed E-state index contributed by atoms with van der Waals surface area (Å²) in [4.78, 5) is 25.3. The van der Waals surface area contributed by atoms with E-state index >= 15 is 0 Å². The minimum absolute atomic E-state index is 0.112. The molecule has 0 spiro atoms. The molecule has 0 radical (unpaired) electrons. The molecule has 0 bridgehead atoms. The van der Waals surface area contributed by atoms with E-state index in [9.17, 15) is 9.59 Å². The zero-order chi connectivity index (χ0) is 19.1. The highest BCUT2D eigenvalue weighted by molar-refractivity contribution is 8.05. The van der Waals surface area contributed by atoms with Crippen LogP contribution in [0.4, 0.5) is 0 Å². The van der Waals surface area contributed by atoms with Crippen LogP contribution in [-0.4, -0.2) is 21.8 Å². The zero-order valence-corrected chi connectivity index (χ0v) is 17.2. The van der Waals surface area contributed by atoms with Crippen LogP contribution in [-0.2, 0) is 6.42 Å². The maximum absolute atomic E-state index is 12.6. The SMILES string of the molecule is CCCCCCCCCc1nnc(SC2=CC(=O)c3ccccc3C2=O)s1. The molecule has 1 aromatic carbocycles. The fourth-order valence-corrected chi connectivity index (χ4v) is 5.05. The summed E-state index contributed by atoms with van der Waals surface area (Å²) in [7, 11) is 0. The number of benzene rings is 1. The molecule has 0 amide bonds. The summed E-state index contributed by atoms with van der Waals surface area (Å²) >= 11 is 2.77. The van der Waals surface area contributed by atoms with Gasteiger partial charge >= 0.3 is 0 Å². The van der Waals surface area contributed by atoms with E-state index in [1.54, 1.807) is 24.3 Å². The van der Waals surface area contributed by atoms with Crippen molar-refractivity contribution in [2.75, 3.05) is 0 Å². The second-order valence-electron chi connectivity index (χ2n) is 6.68. The first-order chi connectivity index (χ1) is 13.2. The molecule has 0 saturated heterocycles. The molecule has 27 heavy (non-hydrogen) atoms. The predicted molar refractivity (Wildman–Crippen MR) is 111 cm³/mol. The standard InChI is InChI=1S/C21H24N2O2S2/c1-2-3-4-5-6-7-8-13-19-22-23-21(27-19)26-18-14-17(24)15-11-9-10-12-16(15)20(18)25/h9-12,14H,2-8,13H2,1H3. The highest BCUT2D eigenvalue weighted by Crippen LogP contribution is 2.35. The van der Waals surface area contributed by atoms with Crippen molar-refractivity contribution in [3.05, 3.63) is 51.4 Å².